The Balaban J connectivity index is 0.00000127. The minimum atomic E-state index is -0.691. The number of carbonyl (C=O) groups excluding carboxylic acids is 1. The van der Waals surface area contributed by atoms with Gasteiger partial charge in [0.05, 0.1) is 12.7 Å². The minimum Gasteiger partial charge on any atom is -0.465 e. The fraction of sp³-hybridized carbons (Fsp3) is 0.632. The van der Waals surface area contributed by atoms with E-state index in [4.69, 9.17) is 15.2 Å². The van der Waals surface area contributed by atoms with E-state index >= 15 is 0 Å². The van der Waals surface area contributed by atoms with Gasteiger partial charge in [-0.2, -0.15) is 0 Å². The summed E-state index contributed by atoms with van der Waals surface area (Å²) in [6, 6.07) is 7.38. The van der Waals surface area contributed by atoms with Gasteiger partial charge in [-0.15, -0.1) is 0 Å². The van der Waals surface area contributed by atoms with E-state index in [9.17, 15) is 4.79 Å². The van der Waals surface area contributed by atoms with E-state index in [1.807, 2.05) is 26.0 Å². The molecule has 1 atom stereocenters. The van der Waals surface area contributed by atoms with Gasteiger partial charge >= 0.3 is 5.97 Å². The number of ether oxygens (including phenoxy) is 2. The van der Waals surface area contributed by atoms with E-state index in [-0.39, 0.29) is 5.97 Å². The Hall–Kier alpha value is -1.39. The average molecular weight is 321 g/mol. The molecule has 2 N–H and O–H groups in total. The van der Waals surface area contributed by atoms with Crippen molar-refractivity contribution in [1.29, 1.82) is 0 Å². The fourth-order valence-electron chi connectivity index (χ4n) is 2.98. The summed E-state index contributed by atoms with van der Waals surface area (Å²) in [6.45, 7) is 6.14. The maximum absolute atomic E-state index is 11.6. The third kappa shape index (κ3) is 5.63. The first-order valence-corrected chi connectivity index (χ1v) is 8.70. The Bertz CT molecular complexity index is 450. The molecule has 0 saturated heterocycles. The first-order chi connectivity index (χ1) is 11.2. The van der Waals surface area contributed by atoms with Crippen LogP contribution in [0, 0.1) is 0 Å². The lowest BCUT2D eigenvalue weighted by molar-refractivity contribution is -0.144. The summed E-state index contributed by atoms with van der Waals surface area (Å²) >= 11 is 0. The number of carbonyl (C=O) groups is 1. The zero-order chi connectivity index (χ0) is 17.2. The highest BCUT2D eigenvalue weighted by Crippen LogP contribution is 2.34. The van der Waals surface area contributed by atoms with Crippen molar-refractivity contribution in [1.82, 2.24) is 0 Å². The second-order valence-electron chi connectivity index (χ2n) is 5.61. The van der Waals surface area contributed by atoms with Crippen molar-refractivity contribution in [2.45, 2.75) is 64.5 Å². The normalized spacial score (nSPS) is 21.8. The van der Waals surface area contributed by atoms with Crippen LogP contribution >= 0.6 is 0 Å². The van der Waals surface area contributed by atoms with Crippen LogP contribution in [0.4, 0.5) is 0 Å². The molecule has 0 aliphatic heterocycles. The molecule has 0 spiro atoms. The molecule has 1 aromatic rings. The Morgan fingerprint density at radius 3 is 2.22 bits per heavy atom. The van der Waals surface area contributed by atoms with Crippen LogP contribution in [-0.2, 0) is 14.3 Å². The van der Waals surface area contributed by atoms with Crippen LogP contribution in [0.3, 0.4) is 0 Å². The highest BCUT2D eigenvalue weighted by atomic mass is 16.5. The molecule has 1 aliphatic rings. The van der Waals surface area contributed by atoms with Crippen LogP contribution in [0.25, 0.3) is 0 Å². The van der Waals surface area contributed by atoms with E-state index in [1.54, 1.807) is 14.0 Å². The zero-order valence-corrected chi connectivity index (χ0v) is 14.9. The van der Waals surface area contributed by atoms with Crippen molar-refractivity contribution >= 4 is 5.97 Å². The van der Waals surface area contributed by atoms with Gasteiger partial charge in [-0.05, 0) is 49.7 Å². The smallest absolute Gasteiger partial charge is 0.327 e. The number of esters is 1. The summed E-state index contributed by atoms with van der Waals surface area (Å²) in [4.78, 5) is 11.6. The second-order valence-corrected chi connectivity index (χ2v) is 5.61. The Morgan fingerprint density at radius 1 is 1.17 bits per heavy atom. The van der Waals surface area contributed by atoms with Crippen LogP contribution < -0.4 is 5.73 Å². The van der Waals surface area contributed by atoms with E-state index < -0.39 is 6.04 Å². The number of methoxy groups -OCH3 is 1. The Labute approximate surface area is 140 Å². The fourth-order valence-corrected chi connectivity index (χ4v) is 2.98. The Kier molecular flexibility index (Phi) is 8.89. The van der Waals surface area contributed by atoms with Crippen LogP contribution in [-0.4, -0.2) is 25.8 Å². The number of nitrogens with two attached hydrogens (primary N) is 1. The van der Waals surface area contributed by atoms with Crippen molar-refractivity contribution in [2.75, 3.05) is 13.7 Å². The molecule has 1 saturated carbocycles. The largest absolute Gasteiger partial charge is 0.465 e. The van der Waals surface area contributed by atoms with Gasteiger partial charge in [0.25, 0.3) is 0 Å². The molecular formula is C19H31NO3. The average Bonchev–Trinajstić information content (AvgIpc) is 2.63. The van der Waals surface area contributed by atoms with E-state index in [2.05, 4.69) is 12.1 Å². The van der Waals surface area contributed by atoms with Gasteiger partial charge in [-0.25, -0.2) is 4.79 Å². The summed E-state index contributed by atoms with van der Waals surface area (Å²) < 4.78 is 10.4. The van der Waals surface area contributed by atoms with Crippen molar-refractivity contribution in [3.8, 4) is 0 Å². The van der Waals surface area contributed by atoms with Gasteiger partial charge in [0.2, 0.25) is 0 Å². The summed E-state index contributed by atoms with van der Waals surface area (Å²) in [5.74, 6) is 0.218. The molecule has 1 aromatic carbocycles. The highest BCUT2D eigenvalue weighted by Gasteiger charge is 2.23. The lowest BCUT2D eigenvalue weighted by atomic mass is 9.82. The predicted molar refractivity (Wildman–Crippen MR) is 93.4 cm³/mol. The molecule has 1 unspecified atom stereocenters. The van der Waals surface area contributed by atoms with E-state index in [0.29, 0.717) is 18.6 Å². The molecule has 4 nitrogen and oxygen atoms in total. The van der Waals surface area contributed by atoms with Crippen molar-refractivity contribution in [3.63, 3.8) is 0 Å². The molecule has 23 heavy (non-hydrogen) atoms. The van der Waals surface area contributed by atoms with Gasteiger partial charge in [0.15, 0.2) is 0 Å². The van der Waals surface area contributed by atoms with Crippen LogP contribution in [0.1, 0.15) is 69.5 Å². The lowest BCUT2D eigenvalue weighted by Crippen LogP contribution is -2.23. The van der Waals surface area contributed by atoms with Crippen LogP contribution in [0.2, 0.25) is 0 Å². The third-order valence-electron chi connectivity index (χ3n) is 4.32. The molecular weight excluding hydrogens is 290 g/mol. The summed E-state index contributed by atoms with van der Waals surface area (Å²) in [5.41, 5.74) is 8.03. The first kappa shape index (κ1) is 19.7. The summed E-state index contributed by atoms with van der Waals surface area (Å²) in [7, 11) is 1.79. The zero-order valence-electron chi connectivity index (χ0n) is 14.9. The van der Waals surface area contributed by atoms with Crippen molar-refractivity contribution in [2.24, 2.45) is 5.73 Å². The Morgan fingerprint density at radius 2 is 1.74 bits per heavy atom. The van der Waals surface area contributed by atoms with Gasteiger partial charge < -0.3 is 15.2 Å². The predicted octanol–water partition coefficient (Wildman–Crippen LogP) is 3.95. The molecule has 0 amide bonds. The van der Waals surface area contributed by atoms with E-state index in [1.165, 1.54) is 5.56 Å². The number of hydrogen-bond donors (Lipinski definition) is 1. The first-order valence-electron chi connectivity index (χ1n) is 8.70. The SMILES string of the molecule is CC.CCOC(=O)C(N)c1ccc(C2CCC(OC)CC2)cc1. The maximum Gasteiger partial charge on any atom is 0.327 e. The highest BCUT2D eigenvalue weighted by molar-refractivity contribution is 5.77. The van der Waals surface area contributed by atoms with Crippen LogP contribution in [0.15, 0.2) is 24.3 Å². The van der Waals surface area contributed by atoms with Gasteiger partial charge in [-0.1, -0.05) is 38.1 Å². The molecule has 0 bridgehead atoms. The van der Waals surface area contributed by atoms with Crippen LogP contribution in [0.5, 0.6) is 0 Å². The van der Waals surface area contributed by atoms with Crippen molar-refractivity contribution < 1.29 is 14.3 Å². The monoisotopic (exact) mass is 321 g/mol. The number of hydrogen-bond acceptors (Lipinski definition) is 4. The molecule has 1 aliphatic carbocycles. The van der Waals surface area contributed by atoms with Gasteiger partial charge in [-0.3, -0.25) is 0 Å². The number of rotatable bonds is 5. The van der Waals surface area contributed by atoms with Gasteiger partial charge in [0.1, 0.15) is 6.04 Å². The third-order valence-corrected chi connectivity index (χ3v) is 4.32. The van der Waals surface area contributed by atoms with Gasteiger partial charge in [0, 0.05) is 7.11 Å². The second kappa shape index (κ2) is 10.4. The maximum atomic E-state index is 11.6. The molecule has 4 heteroatoms. The van der Waals surface area contributed by atoms with E-state index in [0.717, 1.165) is 31.2 Å². The van der Waals surface area contributed by atoms with Crippen molar-refractivity contribution in [3.05, 3.63) is 35.4 Å². The molecule has 0 aromatic heterocycles. The summed E-state index contributed by atoms with van der Waals surface area (Å²) in [5, 5.41) is 0. The quantitative estimate of drug-likeness (QED) is 0.834. The molecule has 130 valence electrons. The standard InChI is InChI=1S/C17H25NO3.C2H6/c1-3-21-17(19)16(18)14-6-4-12(5-7-14)13-8-10-15(20-2)11-9-13;1-2/h4-7,13,15-16H,3,8-11,18H2,1-2H3;1-2H3. The molecule has 0 heterocycles. The number of benzene rings is 1. The molecule has 0 radical (unpaired) electrons. The topological polar surface area (TPSA) is 61.5 Å². The summed E-state index contributed by atoms with van der Waals surface area (Å²) in [6.07, 6.45) is 4.96. The lowest BCUT2D eigenvalue weighted by Gasteiger charge is -2.28. The molecule has 2 rings (SSSR count). The minimum absolute atomic E-state index is 0.355. The molecule has 1 fully saturated rings.